The zero-order chi connectivity index (χ0) is 15.4. The number of alkyl halides is 3. The SMILES string of the molecule is Nc1cc(NCCOCC(F)(F)F)ccc1S(N)(=O)=O. The number of halogens is 3. The third-order valence-electron chi connectivity index (χ3n) is 2.16. The molecular formula is C10H14F3N3O3S. The molecule has 0 saturated carbocycles. The van der Waals surface area contributed by atoms with Crippen molar-refractivity contribution in [1.82, 2.24) is 0 Å². The maximum Gasteiger partial charge on any atom is 0.411 e. The first kappa shape index (κ1) is 16.5. The van der Waals surface area contributed by atoms with E-state index in [1.807, 2.05) is 0 Å². The third-order valence-corrected chi connectivity index (χ3v) is 3.14. The van der Waals surface area contributed by atoms with E-state index < -0.39 is 22.8 Å². The van der Waals surface area contributed by atoms with Crippen molar-refractivity contribution in [1.29, 1.82) is 0 Å². The normalized spacial score (nSPS) is 12.4. The minimum Gasteiger partial charge on any atom is -0.398 e. The zero-order valence-corrected chi connectivity index (χ0v) is 11.1. The summed E-state index contributed by atoms with van der Waals surface area (Å²) in [7, 11) is -3.90. The van der Waals surface area contributed by atoms with E-state index in [2.05, 4.69) is 10.1 Å². The van der Waals surface area contributed by atoms with Crippen molar-refractivity contribution in [3.8, 4) is 0 Å². The van der Waals surface area contributed by atoms with E-state index in [9.17, 15) is 21.6 Å². The summed E-state index contributed by atoms with van der Waals surface area (Å²) in [6, 6.07) is 3.94. The molecule has 0 unspecified atom stereocenters. The van der Waals surface area contributed by atoms with E-state index >= 15 is 0 Å². The van der Waals surface area contributed by atoms with E-state index in [0.717, 1.165) is 0 Å². The first-order valence-corrected chi connectivity index (χ1v) is 6.95. The fourth-order valence-electron chi connectivity index (χ4n) is 1.37. The van der Waals surface area contributed by atoms with E-state index in [1.165, 1.54) is 18.2 Å². The van der Waals surface area contributed by atoms with Crippen molar-refractivity contribution < 1.29 is 26.3 Å². The number of nitrogens with one attached hydrogen (secondary N) is 1. The lowest BCUT2D eigenvalue weighted by Crippen LogP contribution is -2.20. The average molecular weight is 313 g/mol. The van der Waals surface area contributed by atoms with Crippen LogP contribution in [-0.4, -0.2) is 34.4 Å². The smallest absolute Gasteiger partial charge is 0.398 e. The number of anilines is 2. The van der Waals surface area contributed by atoms with Gasteiger partial charge in [0.25, 0.3) is 0 Å². The number of sulfonamides is 1. The minimum absolute atomic E-state index is 0.0475. The minimum atomic E-state index is -4.36. The fraction of sp³-hybridized carbons (Fsp3) is 0.400. The number of hydrogen-bond acceptors (Lipinski definition) is 5. The number of benzene rings is 1. The summed E-state index contributed by atoms with van der Waals surface area (Å²) in [5, 5.41) is 7.68. The summed E-state index contributed by atoms with van der Waals surface area (Å²) in [5.74, 6) is 0. The van der Waals surface area contributed by atoms with Crippen molar-refractivity contribution in [3.63, 3.8) is 0 Å². The van der Waals surface area contributed by atoms with Gasteiger partial charge < -0.3 is 15.8 Å². The Kier molecular flexibility index (Phi) is 5.20. The molecule has 0 atom stereocenters. The predicted molar refractivity (Wildman–Crippen MR) is 67.6 cm³/mol. The van der Waals surface area contributed by atoms with Crippen LogP contribution in [0.3, 0.4) is 0 Å². The van der Waals surface area contributed by atoms with Crippen molar-refractivity contribution in [3.05, 3.63) is 18.2 Å². The summed E-state index contributed by atoms with van der Waals surface area (Å²) in [5.41, 5.74) is 5.92. The van der Waals surface area contributed by atoms with Crippen LogP contribution in [-0.2, 0) is 14.8 Å². The highest BCUT2D eigenvalue weighted by molar-refractivity contribution is 7.89. The number of primary sulfonamides is 1. The maximum absolute atomic E-state index is 11.8. The largest absolute Gasteiger partial charge is 0.411 e. The molecule has 114 valence electrons. The molecule has 0 heterocycles. The Balaban J connectivity index is 2.49. The number of nitrogen functional groups attached to an aromatic ring is 1. The van der Waals surface area contributed by atoms with Gasteiger partial charge in [-0.05, 0) is 18.2 Å². The molecule has 0 aromatic heterocycles. The lowest BCUT2D eigenvalue weighted by Gasteiger charge is -2.10. The first-order chi connectivity index (χ1) is 9.09. The fourth-order valence-corrected chi connectivity index (χ4v) is 2.02. The van der Waals surface area contributed by atoms with Crippen LogP contribution in [0.1, 0.15) is 0 Å². The van der Waals surface area contributed by atoms with Crippen LogP contribution in [0.25, 0.3) is 0 Å². The Morgan fingerprint density at radius 1 is 1.30 bits per heavy atom. The summed E-state index contributed by atoms with van der Waals surface area (Å²) in [4.78, 5) is -0.212. The van der Waals surface area contributed by atoms with Gasteiger partial charge in [-0.1, -0.05) is 0 Å². The van der Waals surface area contributed by atoms with Gasteiger partial charge >= 0.3 is 6.18 Å². The molecule has 0 radical (unpaired) electrons. The van der Waals surface area contributed by atoms with Crippen LogP contribution in [0, 0.1) is 0 Å². The standard InChI is InChI=1S/C10H14F3N3O3S/c11-10(12,13)6-19-4-3-16-7-1-2-9(8(14)5-7)20(15,17)18/h1-2,5,16H,3-4,6,14H2,(H2,15,17,18). The Labute approximate surface area is 113 Å². The molecule has 1 aromatic carbocycles. The Bertz CT molecular complexity index is 561. The van der Waals surface area contributed by atoms with E-state index in [0.29, 0.717) is 5.69 Å². The Morgan fingerprint density at radius 3 is 2.45 bits per heavy atom. The van der Waals surface area contributed by atoms with Crippen molar-refractivity contribution in [2.75, 3.05) is 30.8 Å². The summed E-state index contributed by atoms with van der Waals surface area (Å²) in [6.07, 6.45) is -4.36. The molecule has 1 rings (SSSR count). The third kappa shape index (κ3) is 5.63. The molecule has 5 N–H and O–H groups in total. The first-order valence-electron chi connectivity index (χ1n) is 5.40. The van der Waals surface area contributed by atoms with Gasteiger partial charge in [0.05, 0.1) is 12.3 Å². The lowest BCUT2D eigenvalue weighted by atomic mass is 10.3. The number of nitrogens with two attached hydrogens (primary N) is 2. The van der Waals surface area contributed by atoms with Gasteiger partial charge in [0.2, 0.25) is 10.0 Å². The highest BCUT2D eigenvalue weighted by Crippen LogP contribution is 2.21. The molecule has 0 amide bonds. The van der Waals surface area contributed by atoms with Gasteiger partial charge in [0, 0.05) is 12.2 Å². The Hall–Kier alpha value is -1.52. The van der Waals surface area contributed by atoms with Crippen LogP contribution >= 0.6 is 0 Å². The van der Waals surface area contributed by atoms with Crippen molar-refractivity contribution in [2.24, 2.45) is 5.14 Å². The lowest BCUT2D eigenvalue weighted by molar-refractivity contribution is -0.172. The molecule has 10 heteroatoms. The van der Waals surface area contributed by atoms with Crippen molar-refractivity contribution >= 4 is 21.4 Å². The van der Waals surface area contributed by atoms with E-state index in [-0.39, 0.29) is 23.7 Å². The topological polar surface area (TPSA) is 107 Å². The molecule has 0 bridgehead atoms. The van der Waals surface area contributed by atoms with Crippen LogP contribution < -0.4 is 16.2 Å². The highest BCUT2D eigenvalue weighted by Gasteiger charge is 2.27. The quantitative estimate of drug-likeness (QED) is 0.534. The van der Waals surface area contributed by atoms with Crippen LogP contribution in [0.4, 0.5) is 24.5 Å². The second-order valence-corrected chi connectivity index (χ2v) is 5.42. The summed E-state index contributed by atoms with van der Waals surface area (Å²) in [6.45, 7) is -1.36. The van der Waals surface area contributed by atoms with Gasteiger partial charge in [-0.2, -0.15) is 13.2 Å². The van der Waals surface area contributed by atoms with E-state index in [4.69, 9.17) is 10.9 Å². The van der Waals surface area contributed by atoms with Crippen LogP contribution in [0.2, 0.25) is 0 Å². The second-order valence-electron chi connectivity index (χ2n) is 3.89. The van der Waals surface area contributed by atoms with Crippen molar-refractivity contribution in [2.45, 2.75) is 11.1 Å². The predicted octanol–water partition coefficient (Wildman–Crippen LogP) is 0.907. The average Bonchev–Trinajstić information content (AvgIpc) is 2.25. The zero-order valence-electron chi connectivity index (χ0n) is 10.3. The molecule has 6 nitrogen and oxygen atoms in total. The number of hydrogen-bond donors (Lipinski definition) is 3. The van der Waals surface area contributed by atoms with Gasteiger partial charge in [-0.15, -0.1) is 0 Å². The van der Waals surface area contributed by atoms with Crippen LogP contribution in [0.15, 0.2) is 23.1 Å². The molecule has 20 heavy (non-hydrogen) atoms. The van der Waals surface area contributed by atoms with Gasteiger partial charge in [0.1, 0.15) is 11.5 Å². The van der Waals surface area contributed by atoms with E-state index in [1.54, 1.807) is 0 Å². The maximum atomic E-state index is 11.8. The molecule has 0 fully saturated rings. The highest BCUT2D eigenvalue weighted by atomic mass is 32.2. The summed E-state index contributed by atoms with van der Waals surface area (Å²) < 4.78 is 62.0. The second kappa shape index (κ2) is 6.29. The number of ether oxygens (including phenoxy) is 1. The molecule has 0 saturated heterocycles. The molecule has 0 spiro atoms. The molecule has 1 aromatic rings. The van der Waals surface area contributed by atoms with Crippen LogP contribution in [0.5, 0.6) is 0 Å². The van der Waals surface area contributed by atoms with Gasteiger partial charge in [0.15, 0.2) is 0 Å². The molecule has 0 aliphatic heterocycles. The monoisotopic (exact) mass is 313 g/mol. The summed E-state index contributed by atoms with van der Waals surface area (Å²) >= 11 is 0. The number of rotatable bonds is 6. The van der Waals surface area contributed by atoms with Gasteiger partial charge in [-0.25, -0.2) is 13.6 Å². The molecular weight excluding hydrogens is 299 g/mol. The Morgan fingerprint density at radius 2 is 1.95 bits per heavy atom. The van der Waals surface area contributed by atoms with Gasteiger partial charge in [-0.3, -0.25) is 0 Å². The molecule has 0 aliphatic carbocycles. The molecule has 0 aliphatic rings.